The van der Waals surface area contributed by atoms with Crippen molar-refractivity contribution in [1.29, 1.82) is 0 Å². The molecule has 1 aliphatic heterocycles. The van der Waals surface area contributed by atoms with Crippen LogP contribution in [0.2, 0.25) is 0 Å². The Morgan fingerprint density at radius 1 is 1.27 bits per heavy atom. The van der Waals surface area contributed by atoms with E-state index < -0.39 is 11.9 Å². The molecule has 0 aliphatic carbocycles. The summed E-state index contributed by atoms with van der Waals surface area (Å²) in [5.74, 6) is -0.138. The Hall–Kier alpha value is -2.15. The number of aliphatic hydroxyl groups excluding tert-OH is 1. The van der Waals surface area contributed by atoms with Crippen LogP contribution in [0.3, 0.4) is 0 Å². The molecule has 0 spiro atoms. The van der Waals surface area contributed by atoms with Gasteiger partial charge in [-0.3, -0.25) is 9.97 Å². The first kappa shape index (κ1) is 14.8. The zero-order valence-corrected chi connectivity index (χ0v) is 12.4. The average Bonchev–Trinajstić information content (AvgIpc) is 2.89. The van der Waals surface area contributed by atoms with E-state index in [1.807, 2.05) is 6.92 Å². The molecule has 2 aromatic heterocycles. The number of aromatic nitrogens is 4. The molecule has 0 bridgehead atoms. The Morgan fingerprint density at radius 2 is 2.14 bits per heavy atom. The van der Waals surface area contributed by atoms with Crippen LogP contribution in [0.15, 0.2) is 24.9 Å². The van der Waals surface area contributed by atoms with Crippen LogP contribution in [0.1, 0.15) is 18.3 Å². The maximum absolute atomic E-state index is 14.3. The lowest BCUT2D eigenvalue weighted by Gasteiger charge is -2.18. The number of hydrogen-bond acceptors (Lipinski definition) is 6. The molecule has 0 aromatic carbocycles. The third kappa shape index (κ3) is 2.89. The number of nitrogens with zero attached hydrogens (tertiary/aromatic N) is 5. The largest absolute Gasteiger partial charge is 0.391 e. The fraction of sp³-hybridized carbons (Fsp3) is 0.467. The zero-order chi connectivity index (χ0) is 15.5. The van der Waals surface area contributed by atoms with Crippen LogP contribution in [0.4, 0.5) is 10.2 Å². The van der Waals surface area contributed by atoms with Crippen LogP contribution < -0.4 is 4.90 Å². The van der Waals surface area contributed by atoms with Crippen LogP contribution >= 0.6 is 0 Å². The minimum Gasteiger partial charge on any atom is -0.391 e. The van der Waals surface area contributed by atoms with Crippen molar-refractivity contribution < 1.29 is 9.50 Å². The van der Waals surface area contributed by atoms with E-state index in [0.29, 0.717) is 31.6 Å². The minimum atomic E-state index is -0.540. The quantitative estimate of drug-likeness (QED) is 0.908. The molecule has 1 saturated heterocycles. The molecule has 0 saturated carbocycles. The molecule has 3 rings (SSSR count). The van der Waals surface area contributed by atoms with Crippen molar-refractivity contribution in [3.8, 4) is 0 Å². The second-order valence-corrected chi connectivity index (χ2v) is 5.44. The van der Waals surface area contributed by atoms with Gasteiger partial charge in [-0.2, -0.15) is 0 Å². The molecule has 2 aromatic rings. The zero-order valence-electron chi connectivity index (χ0n) is 12.4. The van der Waals surface area contributed by atoms with Crippen molar-refractivity contribution >= 4 is 5.82 Å². The summed E-state index contributed by atoms with van der Waals surface area (Å²) in [4.78, 5) is 18.0. The Kier molecular flexibility index (Phi) is 4.24. The van der Waals surface area contributed by atoms with Crippen LogP contribution in [0, 0.1) is 11.7 Å². The van der Waals surface area contributed by atoms with E-state index in [9.17, 15) is 9.50 Å². The molecule has 116 valence electrons. The number of anilines is 1. The van der Waals surface area contributed by atoms with Crippen LogP contribution in [-0.2, 0) is 12.8 Å². The second-order valence-electron chi connectivity index (χ2n) is 5.44. The molecule has 0 unspecified atom stereocenters. The number of halogens is 1. The lowest BCUT2D eigenvalue weighted by atomic mass is 10.0. The summed E-state index contributed by atoms with van der Waals surface area (Å²) in [5.41, 5.74) is 1.22. The van der Waals surface area contributed by atoms with Crippen molar-refractivity contribution in [1.82, 2.24) is 19.9 Å². The first-order valence-electron chi connectivity index (χ1n) is 7.36. The highest BCUT2D eigenvalue weighted by Crippen LogP contribution is 2.27. The van der Waals surface area contributed by atoms with Crippen molar-refractivity contribution in [3.63, 3.8) is 0 Å². The molecule has 1 aliphatic rings. The second kappa shape index (κ2) is 6.31. The Labute approximate surface area is 128 Å². The van der Waals surface area contributed by atoms with Crippen molar-refractivity contribution in [2.75, 3.05) is 18.0 Å². The fourth-order valence-corrected chi connectivity index (χ4v) is 2.79. The smallest absolute Gasteiger partial charge is 0.187 e. The summed E-state index contributed by atoms with van der Waals surface area (Å²) < 4.78 is 14.3. The monoisotopic (exact) mass is 303 g/mol. The third-order valence-corrected chi connectivity index (χ3v) is 3.97. The van der Waals surface area contributed by atoms with Gasteiger partial charge in [0.15, 0.2) is 11.6 Å². The van der Waals surface area contributed by atoms with Gasteiger partial charge in [-0.25, -0.2) is 14.4 Å². The van der Waals surface area contributed by atoms with Crippen LogP contribution in [-0.4, -0.2) is 44.2 Å². The summed E-state index contributed by atoms with van der Waals surface area (Å²) >= 11 is 0. The summed E-state index contributed by atoms with van der Waals surface area (Å²) in [6, 6.07) is 0. The van der Waals surface area contributed by atoms with Gasteiger partial charge in [-0.05, 0) is 12.8 Å². The highest BCUT2D eigenvalue weighted by Gasteiger charge is 2.34. The van der Waals surface area contributed by atoms with Gasteiger partial charge in [0.1, 0.15) is 6.33 Å². The van der Waals surface area contributed by atoms with Crippen molar-refractivity contribution in [2.45, 2.75) is 25.9 Å². The average molecular weight is 303 g/mol. The van der Waals surface area contributed by atoms with Gasteiger partial charge in [0.25, 0.3) is 0 Å². The molecule has 3 heterocycles. The summed E-state index contributed by atoms with van der Waals surface area (Å²) in [5, 5.41) is 10.2. The maximum Gasteiger partial charge on any atom is 0.187 e. The fourth-order valence-electron chi connectivity index (χ4n) is 2.79. The molecule has 6 nitrogen and oxygen atoms in total. The van der Waals surface area contributed by atoms with E-state index in [-0.39, 0.29) is 11.7 Å². The predicted octanol–water partition coefficient (Wildman–Crippen LogP) is 1.01. The van der Waals surface area contributed by atoms with E-state index in [4.69, 9.17) is 0 Å². The van der Waals surface area contributed by atoms with Gasteiger partial charge in [0.05, 0.1) is 17.5 Å². The Morgan fingerprint density at radius 3 is 2.86 bits per heavy atom. The molecule has 22 heavy (non-hydrogen) atoms. The summed E-state index contributed by atoms with van der Waals surface area (Å²) in [6.45, 7) is 2.75. The summed E-state index contributed by atoms with van der Waals surface area (Å²) in [7, 11) is 0. The SMILES string of the molecule is CCc1ncnc(N2C[C@@H](Cc3cnccn3)[C@H](O)C2)c1F. The van der Waals surface area contributed by atoms with Gasteiger partial charge >= 0.3 is 0 Å². The van der Waals surface area contributed by atoms with Crippen LogP contribution in [0.5, 0.6) is 0 Å². The van der Waals surface area contributed by atoms with Crippen molar-refractivity contribution in [2.24, 2.45) is 5.92 Å². The lowest BCUT2D eigenvalue weighted by Crippen LogP contribution is -2.24. The molecule has 1 fully saturated rings. The minimum absolute atomic E-state index is 0.0175. The van der Waals surface area contributed by atoms with E-state index in [0.717, 1.165) is 5.69 Å². The molecule has 2 atom stereocenters. The Bertz CT molecular complexity index is 639. The van der Waals surface area contributed by atoms with Crippen molar-refractivity contribution in [3.05, 3.63) is 42.1 Å². The van der Waals surface area contributed by atoms with Gasteiger partial charge in [-0.1, -0.05) is 6.92 Å². The molecule has 0 amide bonds. The van der Waals surface area contributed by atoms with Crippen LogP contribution in [0.25, 0.3) is 0 Å². The number of rotatable bonds is 4. The molecule has 0 radical (unpaired) electrons. The molecule has 7 heteroatoms. The third-order valence-electron chi connectivity index (χ3n) is 3.97. The normalized spacial score (nSPS) is 21.3. The highest BCUT2D eigenvalue weighted by molar-refractivity contribution is 5.43. The number of β-amino-alcohol motifs (C(OH)–C–C–N with tert-alkyl or cyclic N) is 1. The molecular formula is C15H18FN5O. The Balaban J connectivity index is 1.76. The lowest BCUT2D eigenvalue weighted by molar-refractivity contribution is 0.147. The number of hydrogen-bond donors (Lipinski definition) is 1. The van der Waals surface area contributed by atoms with E-state index in [1.165, 1.54) is 6.33 Å². The van der Waals surface area contributed by atoms with E-state index in [1.54, 1.807) is 23.5 Å². The highest BCUT2D eigenvalue weighted by atomic mass is 19.1. The predicted molar refractivity (Wildman–Crippen MR) is 78.8 cm³/mol. The van der Waals surface area contributed by atoms with Gasteiger partial charge in [-0.15, -0.1) is 0 Å². The van der Waals surface area contributed by atoms with Gasteiger partial charge < -0.3 is 10.0 Å². The first-order valence-corrected chi connectivity index (χ1v) is 7.36. The van der Waals surface area contributed by atoms with E-state index >= 15 is 0 Å². The molecular weight excluding hydrogens is 285 g/mol. The number of aryl methyl sites for hydroxylation is 1. The topological polar surface area (TPSA) is 75.0 Å². The molecule has 1 N–H and O–H groups in total. The number of aliphatic hydroxyl groups is 1. The first-order chi connectivity index (χ1) is 10.7. The van der Waals surface area contributed by atoms with Gasteiger partial charge in [0, 0.05) is 37.6 Å². The standard InChI is InChI=1S/C15H18FN5O/c1-2-12-14(16)15(20-9-19-12)21-7-10(13(22)8-21)5-11-6-17-3-4-18-11/h3-4,6,9-10,13,22H,2,5,7-8H2,1H3/t10-,13-/m1/s1. The van der Waals surface area contributed by atoms with E-state index in [2.05, 4.69) is 19.9 Å². The van der Waals surface area contributed by atoms with Gasteiger partial charge in [0.2, 0.25) is 0 Å². The summed E-state index contributed by atoms with van der Waals surface area (Å²) in [6.07, 6.45) is 6.89. The maximum atomic E-state index is 14.3.